The van der Waals surface area contributed by atoms with Gasteiger partial charge in [-0.25, -0.2) is 0 Å². The first kappa shape index (κ1) is 20.8. The number of benzene rings is 8. The molecular weight excluding hydrogens is 538 g/mol. The van der Waals surface area contributed by atoms with Crippen molar-refractivity contribution in [2.75, 3.05) is 0 Å². The molecule has 44 heavy (non-hydrogen) atoms. The molecule has 0 unspecified atom stereocenters. The zero-order valence-corrected chi connectivity index (χ0v) is 23.1. The minimum atomic E-state index is 0.966. The van der Waals surface area contributed by atoms with Gasteiger partial charge in [-0.2, -0.15) is 0 Å². The van der Waals surface area contributed by atoms with Crippen molar-refractivity contribution >= 4 is 130 Å². The largest absolute Gasteiger partial charge is 0.455 e. The first-order valence-electron chi connectivity index (χ1n) is 15.2. The van der Waals surface area contributed by atoms with Crippen LogP contribution in [0.3, 0.4) is 0 Å². The molecule has 0 atom stereocenters. The van der Waals surface area contributed by atoms with Crippen LogP contribution < -0.4 is 0 Å². The molecule has 0 aliphatic carbocycles. The summed E-state index contributed by atoms with van der Waals surface area (Å²) in [5, 5.41) is 19.7. The molecule has 0 saturated carbocycles. The van der Waals surface area contributed by atoms with Crippen molar-refractivity contribution in [3.63, 3.8) is 0 Å². The van der Waals surface area contributed by atoms with Crippen molar-refractivity contribution in [3.05, 3.63) is 97.1 Å². The van der Waals surface area contributed by atoms with Gasteiger partial charge in [0.1, 0.15) is 11.2 Å². The van der Waals surface area contributed by atoms with E-state index in [1.807, 2.05) is 0 Å². The quantitative estimate of drug-likeness (QED) is 0.171. The van der Waals surface area contributed by atoms with E-state index in [0.717, 1.165) is 21.9 Å². The van der Waals surface area contributed by atoms with Crippen LogP contribution in [0.25, 0.3) is 130 Å². The predicted octanol–water partition coefficient (Wildman–Crippen LogP) is 11.4. The van der Waals surface area contributed by atoms with E-state index in [0.29, 0.717) is 0 Å². The van der Waals surface area contributed by atoms with Crippen LogP contribution in [0.1, 0.15) is 0 Å². The molecule has 0 saturated heterocycles. The third kappa shape index (κ3) is 1.96. The molecule has 3 N–H and O–H groups in total. The minimum Gasteiger partial charge on any atom is -0.455 e. The van der Waals surface area contributed by atoms with Crippen LogP contribution in [-0.2, 0) is 0 Å². The minimum absolute atomic E-state index is 0.966. The smallest absolute Gasteiger partial charge is 0.144 e. The SMILES string of the molecule is c1ccc2c(c1)c1[nH]c3c4ccccc4c4[nH]c5c6ccccc6c6oc7c8ccccc8c8[nH]c2c2c1c3c4c5c6c7c82. The number of fused-ring (bicyclic) bond motifs is 12. The van der Waals surface area contributed by atoms with Gasteiger partial charge >= 0.3 is 0 Å². The summed E-state index contributed by atoms with van der Waals surface area (Å²) in [5.74, 6) is 0. The van der Waals surface area contributed by atoms with Crippen LogP contribution in [0.15, 0.2) is 101 Å². The van der Waals surface area contributed by atoms with Gasteiger partial charge in [-0.3, -0.25) is 0 Å². The van der Waals surface area contributed by atoms with Crippen molar-refractivity contribution < 1.29 is 4.42 Å². The van der Waals surface area contributed by atoms with Gasteiger partial charge in [-0.15, -0.1) is 0 Å². The number of H-pyrrole nitrogens is 3. The lowest BCUT2D eigenvalue weighted by molar-refractivity contribution is 0.677. The molecule has 0 radical (unpaired) electrons. The van der Waals surface area contributed by atoms with Crippen LogP contribution in [0, 0.1) is 0 Å². The van der Waals surface area contributed by atoms with E-state index in [-0.39, 0.29) is 0 Å². The lowest BCUT2D eigenvalue weighted by Crippen LogP contribution is -1.83. The molecule has 4 aromatic heterocycles. The number of furan rings is 1. The Labute approximate surface area is 246 Å². The fraction of sp³-hybridized carbons (Fsp3) is 0. The van der Waals surface area contributed by atoms with Gasteiger partial charge in [0.2, 0.25) is 0 Å². The third-order valence-electron chi connectivity index (χ3n) is 10.7. The van der Waals surface area contributed by atoms with Gasteiger partial charge < -0.3 is 19.4 Å². The summed E-state index contributed by atoms with van der Waals surface area (Å²) < 4.78 is 7.13. The second-order valence-electron chi connectivity index (χ2n) is 12.6. The van der Waals surface area contributed by atoms with Crippen molar-refractivity contribution in [3.8, 4) is 0 Å². The van der Waals surface area contributed by atoms with Gasteiger partial charge in [0, 0.05) is 86.2 Å². The molecule has 0 aliphatic heterocycles. The molecule has 4 heteroatoms. The van der Waals surface area contributed by atoms with Gasteiger partial charge in [-0.05, 0) is 0 Å². The highest BCUT2D eigenvalue weighted by Gasteiger charge is 2.30. The molecule has 0 spiro atoms. The van der Waals surface area contributed by atoms with Crippen LogP contribution in [0.2, 0.25) is 0 Å². The molecule has 200 valence electrons. The molecule has 0 fully saturated rings. The van der Waals surface area contributed by atoms with Crippen LogP contribution in [-0.4, -0.2) is 15.0 Å². The average molecular weight is 558 g/mol. The summed E-state index contributed by atoms with van der Waals surface area (Å²) in [7, 11) is 0. The van der Waals surface area contributed by atoms with E-state index >= 15 is 0 Å². The maximum Gasteiger partial charge on any atom is 0.144 e. The Morgan fingerprint density at radius 1 is 0.273 bits per heavy atom. The van der Waals surface area contributed by atoms with E-state index in [1.165, 1.54) is 109 Å². The topological polar surface area (TPSA) is 60.5 Å². The normalized spacial score (nSPS) is 13.5. The second kappa shape index (κ2) is 6.48. The highest BCUT2D eigenvalue weighted by Crippen LogP contribution is 2.56. The van der Waals surface area contributed by atoms with Crippen molar-refractivity contribution in [2.45, 2.75) is 0 Å². The second-order valence-corrected chi connectivity index (χ2v) is 12.6. The van der Waals surface area contributed by atoms with Gasteiger partial charge in [0.25, 0.3) is 0 Å². The number of aromatic amines is 3. The summed E-state index contributed by atoms with van der Waals surface area (Å²) in [6.45, 7) is 0. The molecular formula is C40H19N3O. The van der Waals surface area contributed by atoms with Crippen LogP contribution in [0.5, 0.6) is 0 Å². The number of rotatable bonds is 0. The maximum atomic E-state index is 7.13. The highest BCUT2D eigenvalue weighted by atomic mass is 16.3. The fourth-order valence-corrected chi connectivity index (χ4v) is 9.14. The van der Waals surface area contributed by atoms with E-state index in [2.05, 4.69) is 112 Å². The standard InChI is InChI=1S/C40H19N3O/c1-3-11-19-17(9-1)33-25-26-28-30-32-31-29-27(25)35(19)42-37(29)21-13-5-7-15-23(21)39(31)44-40(32)24-16-8-6-14-22(24)38(30)43-36(28)20-12-4-2-10-18(20)34(26)41-33/h1-16,41-43H. The Bertz CT molecular complexity index is 2670. The molecule has 4 heterocycles. The van der Waals surface area contributed by atoms with Crippen molar-refractivity contribution in [2.24, 2.45) is 0 Å². The molecule has 0 amide bonds. The van der Waals surface area contributed by atoms with E-state index in [4.69, 9.17) is 4.42 Å². The van der Waals surface area contributed by atoms with E-state index in [9.17, 15) is 0 Å². The monoisotopic (exact) mass is 557 g/mol. The van der Waals surface area contributed by atoms with Gasteiger partial charge in [0.05, 0.1) is 33.1 Å². The molecule has 0 bridgehead atoms. The molecule has 13 rings (SSSR count). The lowest BCUT2D eigenvalue weighted by atomic mass is 9.89. The van der Waals surface area contributed by atoms with Crippen molar-refractivity contribution in [1.82, 2.24) is 15.0 Å². The van der Waals surface area contributed by atoms with Gasteiger partial charge in [-0.1, -0.05) is 97.1 Å². The maximum absolute atomic E-state index is 7.13. The highest BCUT2D eigenvalue weighted by molar-refractivity contribution is 6.53. The molecule has 9 aromatic carbocycles. The summed E-state index contributed by atoms with van der Waals surface area (Å²) in [4.78, 5) is 12.0. The Morgan fingerprint density at radius 2 is 0.500 bits per heavy atom. The zero-order valence-electron chi connectivity index (χ0n) is 23.1. The number of aromatic nitrogens is 3. The number of hydrogen-bond acceptors (Lipinski definition) is 1. The number of nitrogens with one attached hydrogen (secondary N) is 3. The Balaban J connectivity index is 1.58. The lowest BCUT2D eigenvalue weighted by Gasteiger charge is -2.09. The summed E-state index contributed by atoms with van der Waals surface area (Å²) >= 11 is 0. The van der Waals surface area contributed by atoms with Crippen molar-refractivity contribution in [1.29, 1.82) is 0 Å². The number of hydrogen-bond donors (Lipinski definition) is 3. The summed E-state index contributed by atoms with van der Waals surface area (Å²) in [5.41, 5.74) is 9.05. The van der Waals surface area contributed by atoms with Crippen LogP contribution in [0.4, 0.5) is 0 Å². The average Bonchev–Trinajstić information content (AvgIpc) is 3.84. The summed E-state index contributed by atoms with van der Waals surface area (Å²) in [6, 6.07) is 35.1. The zero-order chi connectivity index (χ0) is 28.0. The Kier molecular flexibility index (Phi) is 3.07. The molecule has 4 nitrogen and oxygen atoms in total. The van der Waals surface area contributed by atoms with E-state index < -0.39 is 0 Å². The fourth-order valence-electron chi connectivity index (χ4n) is 9.14. The molecule has 0 aliphatic rings. The van der Waals surface area contributed by atoms with Gasteiger partial charge in [0.15, 0.2) is 0 Å². The van der Waals surface area contributed by atoms with E-state index in [1.54, 1.807) is 0 Å². The predicted molar refractivity (Wildman–Crippen MR) is 185 cm³/mol. The summed E-state index contributed by atoms with van der Waals surface area (Å²) in [6.07, 6.45) is 0. The Hall–Kier alpha value is -6.00. The first-order chi connectivity index (χ1) is 21.9. The first-order valence-corrected chi connectivity index (χ1v) is 15.2. The Morgan fingerprint density at radius 3 is 0.795 bits per heavy atom. The third-order valence-corrected chi connectivity index (χ3v) is 10.7. The van der Waals surface area contributed by atoms with Crippen LogP contribution >= 0.6 is 0 Å². The molecule has 13 aromatic rings.